The van der Waals surface area contributed by atoms with Crippen LogP contribution in [0.15, 0.2) is 0 Å². The highest BCUT2D eigenvalue weighted by atomic mass is 32.1. The molecule has 0 radical (unpaired) electrons. The third-order valence-electron chi connectivity index (χ3n) is 14.2. The molecule has 440 valence electrons. The number of rotatable bonds is 56. The molecule has 0 fully saturated rings. The van der Waals surface area contributed by atoms with Crippen molar-refractivity contribution >= 4 is 48.1 Å². The lowest BCUT2D eigenvalue weighted by Crippen LogP contribution is -2.57. The first-order valence-corrected chi connectivity index (χ1v) is 31.4. The molecule has 0 aromatic carbocycles. The zero-order chi connectivity index (χ0) is 55.4. The van der Waals surface area contributed by atoms with Crippen LogP contribution in [-0.2, 0) is 43.0 Å². The molecule has 6 N–H and O–H groups in total. The number of nitrogens with one attached hydrogen (secondary N) is 2. The van der Waals surface area contributed by atoms with Gasteiger partial charge in [-0.05, 0) is 19.3 Å². The molecule has 0 aromatic heterocycles. The van der Waals surface area contributed by atoms with Gasteiger partial charge in [-0.1, -0.05) is 252 Å². The van der Waals surface area contributed by atoms with E-state index in [9.17, 15) is 39.0 Å². The molecule has 0 aliphatic heterocycles. The summed E-state index contributed by atoms with van der Waals surface area (Å²) in [5, 5.41) is 24.7. The predicted molar refractivity (Wildman–Crippen MR) is 307 cm³/mol. The number of carbonyl (C=O) groups excluding carboxylic acids is 6. The van der Waals surface area contributed by atoms with E-state index in [2.05, 4.69) is 44.0 Å². The highest BCUT2D eigenvalue weighted by molar-refractivity contribution is 7.80. The Kier molecular flexibility index (Phi) is 51.3. The van der Waals surface area contributed by atoms with Gasteiger partial charge in [0.05, 0.1) is 19.3 Å². The fourth-order valence-corrected chi connectivity index (χ4v) is 9.42. The molecular weight excluding hydrogens is 971 g/mol. The highest BCUT2D eigenvalue weighted by Crippen LogP contribution is 2.20. The molecule has 2 amide bonds. The molecule has 0 bridgehead atoms. The van der Waals surface area contributed by atoms with Crippen LogP contribution in [-0.4, -0.2) is 102 Å². The summed E-state index contributed by atoms with van der Waals surface area (Å²) in [7, 11) is 0. The second-order valence-electron chi connectivity index (χ2n) is 21.3. The maximum atomic E-state index is 14.2. The van der Waals surface area contributed by atoms with Crippen LogP contribution in [0.5, 0.6) is 0 Å². The zero-order valence-corrected chi connectivity index (χ0v) is 48.9. The van der Waals surface area contributed by atoms with Gasteiger partial charge in [-0.3, -0.25) is 24.0 Å². The van der Waals surface area contributed by atoms with Crippen molar-refractivity contribution in [2.75, 3.05) is 25.6 Å². The smallest absolute Gasteiger partial charge is 0.331 e. The van der Waals surface area contributed by atoms with Crippen LogP contribution in [0.1, 0.15) is 290 Å². The molecule has 0 rings (SSSR count). The molecule has 0 heterocycles. The monoisotopic (exact) mass is 1080 g/mol. The summed E-state index contributed by atoms with van der Waals surface area (Å²) in [6.45, 7) is 4.33. The van der Waals surface area contributed by atoms with Crippen molar-refractivity contribution in [1.29, 1.82) is 0 Å². The number of carbonyl (C=O) groups is 6. The number of thiol groups is 1. The molecule has 0 saturated heterocycles. The number of ketones is 1. The molecule has 15 heteroatoms. The quantitative estimate of drug-likeness (QED) is 0.0145. The van der Waals surface area contributed by atoms with E-state index < -0.39 is 85.7 Å². The lowest BCUT2D eigenvalue weighted by Gasteiger charge is -2.28. The number of hydrogen-bond donors (Lipinski definition) is 6. The second-order valence-corrected chi connectivity index (χ2v) is 21.7. The van der Waals surface area contributed by atoms with Gasteiger partial charge in [-0.15, -0.1) is 0 Å². The van der Waals surface area contributed by atoms with Crippen LogP contribution < -0.4 is 16.4 Å². The van der Waals surface area contributed by atoms with Crippen molar-refractivity contribution in [2.24, 2.45) is 5.73 Å². The summed E-state index contributed by atoms with van der Waals surface area (Å²) in [4.78, 5) is 80.2. The maximum Gasteiger partial charge on any atom is 0.331 e. The molecule has 0 spiro atoms. The van der Waals surface area contributed by atoms with Gasteiger partial charge in [-0.2, -0.15) is 12.6 Å². The molecule has 5 atom stereocenters. The van der Waals surface area contributed by atoms with Crippen LogP contribution in [0.4, 0.5) is 0 Å². The molecule has 0 aliphatic carbocycles. The van der Waals surface area contributed by atoms with E-state index >= 15 is 0 Å². The average molecular weight is 1080 g/mol. The van der Waals surface area contributed by atoms with Gasteiger partial charge in [-0.25, -0.2) is 4.79 Å². The molecule has 0 aliphatic rings. The Hall–Kier alpha value is -2.75. The third-order valence-corrected chi connectivity index (χ3v) is 14.6. The molecule has 0 aromatic rings. The van der Waals surface area contributed by atoms with E-state index in [0.717, 1.165) is 70.6 Å². The van der Waals surface area contributed by atoms with E-state index in [1.165, 1.54) is 161 Å². The number of amides is 2. The Morgan fingerprint density at radius 3 is 1.09 bits per heavy atom. The second kappa shape index (κ2) is 53.3. The van der Waals surface area contributed by atoms with E-state index in [1.54, 1.807) is 0 Å². The van der Waals surface area contributed by atoms with Crippen molar-refractivity contribution in [3.05, 3.63) is 0 Å². The first-order chi connectivity index (χ1) is 36.5. The normalized spacial score (nSPS) is 13.4. The van der Waals surface area contributed by atoms with Crippen LogP contribution in [0.3, 0.4) is 0 Å². The fourth-order valence-electron chi connectivity index (χ4n) is 9.26. The molecule has 1 unspecified atom stereocenters. The first kappa shape index (κ1) is 72.2. The summed E-state index contributed by atoms with van der Waals surface area (Å²) in [5.41, 5.74) is 5.71. The number of esters is 3. The minimum atomic E-state index is -1.74. The van der Waals surface area contributed by atoms with Crippen LogP contribution in [0, 0.1) is 0 Å². The van der Waals surface area contributed by atoms with Gasteiger partial charge in [0.15, 0.2) is 24.0 Å². The van der Waals surface area contributed by atoms with Crippen molar-refractivity contribution in [1.82, 2.24) is 10.6 Å². The standard InChI is InChI=1S/C60H113N3O11S/c1-4-7-10-13-16-19-22-25-28-31-34-37-40-43-53(66)57(74-60(71)52(47-65)63-59(70)51(46-64)62-58(69)50(61)49-75)54(73-56(68)45-42-39-36-33-30-27-24-21-18-15-12-9-6-3)48-72-55(67)44-41-38-35-32-29-26-23-20-17-14-11-8-5-2/h50-52,54,57,64-65,75H,4-49,61H2,1-3H3,(H,62,69)(H,63,70)/t50-,51-,52-,54-,57?/m0/s1. The Morgan fingerprint density at radius 2 is 0.747 bits per heavy atom. The fraction of sp³-hybridized carbons (Fsp3) is 0.900. The minimum absolute atomic E-state index is 0.0182. The Balaban J connectivity index is 5.90. The lowest BCUT2D eigenvalue weighted by molar-refractivity contribution is -0.180. The van der Waals surface area contributed by atoms with Crippen LogP contribution in [0.25, 0.3) is 0 Å². The highest BCUT2D eigenvalue weighted by Gasteiger charge is 2.38. The topological polar surface area (TPSA) is 221 Å². The predicted octanol–water partition coefficient (Wildman–Crippen LogP) is 12.6. The summed E-state index contributed by atoms with van der Waals surface area (Å²) in [6, 6.07) is -4.36. The van der Waals surface area contributed by atoms with Gasteiger partial charge < -0.3 is 40.8 Å². The average Bonchev–Trinajstić information content (AvgIpc) is 3.40. The van der Waals surface area contributed by atoms with E-state index in [0.29, 0.717) is 19.3 Å². The number of nitrogens with two attached hydrogens (primary N) is 1. The summed E-state index contributed by atoms with van der Waals surface area (Å²) in [5.74, 6) is -4.76. The van der Waals surface area contributed by atoms with Crippen molar-refractivity contribution < 1.29 is 53.2 Å². The Bertz CT molecular complexity index is 1410. The van der Waals surface area contributed by atoms with E-state index in [-0.39, 0.29) is 25.0 Å². The number of aliphatic hydroxyl groups is 2. The van der Waals surface area contributed by atoms with Gasteiger partial charge in [0.25, 0.3) is 0 Å². The van der Waals surface area contributed by atoms with Crippen molar-refractivity contribution in [3.8, 4) is 0 Å². The van der Waals surface area contributed by atoms with Crippen molar-refractivity contribution in [2.45, 2.75) is 321 Å². The number of Topliss-reactive ketones (excluding diaryl/α,β-unsaturated/α-hetero) is 1. The summed E-state index contributed by atoms with van der Waals surface area (Å²) < 4.78 is 17.3. The van der Waals surface area contributed by atoms with Crippen LogP contribution >= 0.6 is 12.6 Å². The van der Waals surface area contributed by atoms with Crippen molar-refractivity contribution in [3.63, 3.8) is 0 Å². The molecule has 14 nitrogen and oxygen atoms in total. The number of hydrogen-bond acceptors (Lipinski definition) is 13. The van der Waals surface area contributed by atoms with Gasteiger partial charge in [0.2, 0.25) is 11.8 Å². The molecular formula is C60H113N3O11S. The van der Waals surface area contributed by atoms with E-state index in [4.69, 9.17) is 19.9 Å². The number of ether oxygens (including phenoxy) is 3. The first-order valence-electron chi connectivity index (χ1n) is 30.8. The Labute approximate surface area is 462 Å². The van der Waals surface area contributed by atoms with Gasteiger partial charge in [0.1, 0.15) is 12.6 Å². The maximum absolute atomic E-state index is 14.2. The largest absolute Gasteiger partial charge is 0.462 e. The number of aliphatic hydroxyl groups excluding tert-OH is 2. The van der Waals surface area contributed by atoms with E-state index in [1.807, 2.05) is 0 Å². The summed E-state index contributed by atoms with van der Waals surface area (Å²) >= 11 is 3.99. The summed E-state index contributed by atoms with van der Waals surface area (Å²) in [6.07, 6.45) is 41.1. The van der Waals surface area contributed by atoms with Gasteiger partial charge in [0, 0.05) is 25.0 Å². The van der Waals surface area contributed by atoms with Gasteiger partial charge >= 0.3 is 17.9 Å². The minimum Gasteiger partial charge on any atom is -0.462 e. The zero-order valence-electron chi connectivity index (χ0n) is 48.0. The molecule has 75 heavy (non-hydrogen) atoms. The SMILES string of the molecule is CCCCCCCCCCCCCCCC(=O)OC[C@H](OC(=O)CCCCCCCCCCCCCCC)C(OC(=O)[C@H](CO)NC(=O)[C@H](CO)NC(=O)[C@@H](N)CS)C(=O)CCCCCCCCCCCCCCC. The lowest BCUT2D eigenvalue weighted by atomic mass is 10.0. The Morgan fingerprint density at radius 1 is 0.427 bits per heavy atom. The van der Waals surface area contributed by atoms with Crippen LogP contribution in [0.2, 0.25) is 0 Å². The third kappa shape index (κ3) is 42.9. The molecule has 0 saturated carbocycles. The number of unbranched alkanes of at least 4 members (excludes halogenated alkanes) is 36.